The summed E-state index contributed by atoms with van der Waals surface area (Å²) in [5, 5.41) is 14.0. The lowest BCUT2D eigenvalue weighted by molar-refractivity contribution is 0.179. The van der Waals surface area contributed by atoms with E-state index in [-0.39, 0.29) is 0 Å². The highest BCUT2D eigenvalue weighted by Gasteiger charge is 2.12. The molecule has 1 heterocycles. The normalized spacial score (nSPS) is 13.3. The Balaban J connectivity index is 2.49. The maximum atomic E-state index is 9.92. The summed E-state index contributed by atoms with van der Waals surface area (Å²) in [6, 6.07) is 6.11. The second-order valence-corrected chi connectivity index (χ2v) is 3.81. The lowest BCUT2D eigenvalue weighted by Crippen LogP contribution is -2.16. The van der Waals surface area contributed by atoms with Gasteiger partial charge in [0.2, 0.25) is 0 Å². The molecule has 0 bridgehead atoms. The number of nitrogens with one attached hydrogen (secondary N) is 2. The smallest absolute Gasteiger partial charge is 0.0934 e. The lowest BCUT2D eigenvalue weighted by Gasteiger charge is -2.08. The van der Waals surface area contributed by atoms with E-state index in [0.29, 0.717) is 6.54 Å². The summed E-state index contributed by atoms with van der Waals surface area (Å²) in [5.74, 6) is 0. The van der Waals surface area contributed by atoms with Gasteiger partial charge in [-0.05, 0) is 19.5 Å². The Morgan fingerprint density at radius 3 is 3.00 bits per heavy atom. The molecule has 2 rings (SSSR count). The minimum absolute atomic E-state index is 0.453. The van der Waals surface area contributed by atoms with Gasteiger partial charge in [-0.1, -0.05) is 18.2 Å². The highest BCUT2D eigenvalue weighted by Crippen LogP contribution is 2.25. The number of H-pyrrole nitrogens is 1. The average Bonchev–Trinajstić information content (AvgIpc) is 2.63. The predicted molar refractivity (Wildman–Crippen MR) is 61.9 cm³/mol. The molecule has 3 heteroatoms. The SMILES string of the molecule is CNC[C@H](O)c1c[nH]c2c(C)cccc12. The molecule has 1 aromatic carbocycles. The number of aryl methyl sites for hydroxylation is 1. The maximum absolute atomic E-state index is 9.92. The van der Waals surface area contributed by atoms with Crippen molar-refractivity contribution >= 4 is 10.9 Å². The summed E-state index contributed by atoms with van der Waals surface area (Å²) in [7, 11) is 1.84. The summed E-state index contributed by atoms with van der Waals surface area (Å²) in [4.78, 5) is 3.21. The van der Waals surface area contributed by atoms with Crippen LogP contribution in [0.1, 0.15) is 17.2 Å². The van der Waals surface area contributed by atoms with Gasteiger partial charge in [0.25, 0.3) is 0 Å². The molecule has 0 spiro atoms. The van der Waals surface area contributed by atoms with E-state index in [0.717, 1.165) is 16.5 Å². The van der Waals surface area contributed by atoms with Crippen LogP contribution < -0.4 is 5.32 Å². The zero-order valence-corrected chi connectivity index (χ0v) is 9.04. The van der Waals surface area contributed by atoms with Gasteiger partial charge in [-0.25, -0.2) is 0 Å². The van der Waals surface area contributed by atoms with Gasteiger partial charge in [-0.2, -0.15) is 0 Å². The fourth-order valence-corrected chi connectivity index (χ4v) is 1.91. The highest BCUT2D eigenvalue weighted by molar-refractivity contribution is 5.86. The first-order valence-electron chi connectivity index (χ1n) is 5.13. The van der Waals surface area contributed by atoms with Crippen LogP contribution in [0.15, 0.2) is 24.4 Å². The van der Waals surface area contributed by atoms with Gasteiger partial charge in [0.05, 0.1) is 6.10 Å². The monoisotopic (exact) mass is 204 g/mol. The molecule has 0 aliphatic rings. The van der Waals surface area contributed by atoms with Crippen LogP contribution in [-0.2, 0) is 0 Å². The molecule has 1 atom stereocenters. The first-order valence-corrected chi connectivity index (χ1v) is 5.13. The second-order valence-electron chi connectivity index (χ2n) is 3.81. The lowest BCUT2D eigenvalue weighted by atomic mass is 10.1. The van der Waals surface area contributed by atoms with E-state index in [1.807, 2.05) is 25.4 Å². The molecule has 15 heavy (non-hydrogen) atoms. The Morgan fingerprint density at radius 2 is 2.27 bits per heavy atom. The summed E-state index contributed by atoms with van der Waals surface area (Å²) < 4.78 is 0. The number of likely N-dealkylation sites (N-methyl/N-ethyl adjacent to an activating group) is 1. The highest BCUT2D eigenvalue weighted by atomic mass is 16.3. The molecule has 0 radical (unpaired) electrons. The average molecular weight is 204 g/mol. The van der Waals surface area contributed by atoms with Gasteiger partial charge < -0.3 is 15.4 Å². The Labute approximate surface area is 89.1 Å². The standard InChI is InChI=1S/C12H16N2O/c1-8-4-3-5-9-10(6-14-12(8)9)11(15)7-13-2/h3-6,11,13-15H,7H2,1-2H3/t11-/m0/s1. The van der Waals surface area contributed by atoms with Crippen molar-refractivity contribution in [2.45, 2.75) is 13.0 Å². The maximum Gasteiger partial charge on any atom is 0.0934 e. The van der Waals surface area contributed by atoms with Crippen molar-refractivity contribution < 1.29 is 5.11 Å². The van der Waals surface area contributed by atoms with Gasteiger partial charge in [-0.15, -0.1) is 0 Å². The van der Waals surface area contributed by atoms with Crippen LogP contribution in [0.5, 0.6) is 0 Å². The number of fused-ring (bicyclic) bond motifs is 1. The van der Waals surface area contributed by atoms with Crippen LogP contribution in [-0.4, -0.2) is 23.7 Å². The minimum Gasteiger partial charge on any atom is -0.387 e. The molecule has 80 valence electrons. The zero-order valence-electron chi connectivity index (χ0n) is 9.04. The quantitative estimate of drug-likeness (QED) is 0.713. The summed E-state index contributed by atoms with van der Waals surface area (Å²) in [6.45, 7) is 2.63. The van der Waals surface area contributed by atoms with Crippen LogP contribution in [0.4, 0.5) is 0 Å². The molecule has 3 N–H and O–H groups in total. The molecule has 0 aliphatic heterocycles. The fourth-order valence-electron chi connectivity index (χ4n) is 1.91. The third-order valence-corrected chi connectivity index (χ3v) is 2.71. The molecule has 0 amide bonds. The minimum atomic E-state index is -0.453. The van der Waals surface area contributed by atoms with Crippen LogP contribution in [0.3, 0.4) is 0 Å². The van der Waals surface area contributed by atoms with Crippen molar-refractivity contribution in [2.75, 3.05) is 13.6 Å². The van der Waals surface area contributed by atoms with E-state index in [9.17, 15) is 5.11 Å². The first kappa shape index (κ1) is 10.2. The number of aromatic amines is 1. The van der Waals surface area contributed by atoms with Gasteiger partial charge in [0, 0.05) is 29.2 Å². The molecule has 3 nitrogen and oxygen atoms in total. The van der Waals surface area contributed by atoms with Gasteiger partial charge >= 0.3 is 0 Å². The fraction of sp³-hybridized carbons (Fsp3) is 0.333. The number of benzene rings is 1. The summed E-state index contributed by atoms with van der Waals surface area (Å²) in [5.41, 5.74) is 3.28. The number of aliphatic hydroxyl groups excluding tert-OH is 1. The zero-order chi connectivity index (χ0) is 10.8. The van der Waals surface area contributed by atoms with Crippen LogP contribution in [0.2, 0.25) is 0 Å². The largest absolute Gasteiger partial charge is 0.387 e. The number of rotatable bonds is 3. The summed E-state index contributed by atoms with van der Waals surface area (Å²) >= 11 is 0. The van der Waals surface area contributed by atoms with Crippen molar-refractivity contribution in [3.63, 3.8) is 0 Å². The third kappa shape index (κ3) is 1.76. The Kier molecular flexibility index (Phi) is 2.75. The van der Waals surface area contributed by atoms with E-state index in [1.54, 1.807) is 0 Å². The molecular weight excluding hydrogens is 188 g/mol. The summed E-state index contributed by atoms with van der Waals surface area (Å²) in [6.07, 6.45) is 1.44. The van der Waals surface area contributed by atoms with Crippen LogP contribution in [0.25, 0.3) is 10.9 Å². The molecular formula is C12H16N2O. The van der Waals surface area contributed by atoms with Gasteiger partial charge in [-0.3, -0.25) is 0 Å². The Bertz CT molecular complexity index is 462. The topological polar surface area (TPSA) is 48.0 Å². The Morgan fingerprint density at radius 1 is 1.47 bits per heavy atom. The molecule has 2 aromatic rings. The molecule has 0 fully saturated rings. The number of hydrogen-bond acceptors (Lipinski definition) is 2. The third-order valence-electron chi connectivity index (χ3n) is 2.71. The van der Waals surface area contributed by atoms with E-state index in [4.69, 9.17) is 0 Å². The number of aliphatic hydroxyl groups is 1. The molecule has 0 saturated carbocycles. The van der Waals surface area contributed by atoms with Crippen molar-refractivity contribution in [2.24, 2.45) is 0 Å². The van der Waals surface area contributed by atoms with Gasteiger partial charge in [0.1, 0.15) is 0 Å². The molecule has 0 unspecified atom stereocenters. The predicted octanol–water partition coefficient (Wildman–Crippen LogP) is 1.73. The van der Waals surface area contributed by atoms with E-state index in [2.05, 4.69) is 23.3 Å². The molecule has 0 saturated heterocycles. The molecule has 1 aromatic heterocycles. The van der Waals surface area contributed by atoms with Crippen molar-refractivity contribution in [1.29, 1.82) is 0 Å². The Hall–Kier alpha value is -1.32. The van der Waals surface area contributed by atoms with E-state index in [1.165, 1.54) is 5.56 Å². The number of para-hydroxylation sites is 1. The van der Waals surface area contributed by atoms with Crippen molar-refractivity contribution in [3.05, 3.63) is 35.5 Å². The van der Waals surface area contributed by atoms with Crippen molar-refractivity contribution in [1.82, 2.24) is 10.3 Å². The van der Waals surface area contributed by atoms with E-state index < -0.39 is 6.10 Å². The molecule has 0 aliphatic carbocycles. The number of hydrogen-bond donors (Lipinski definition) is 3. The second kappa shape index (κ2) is 4.04. The van der Waals surface area contributed by atoms with Crippen LogP contribution >= 0.6 is 0 Å². The van der Waals surface area contributed by atoms with E-state index >= 15 is 0 Å². The van der Waals surface area contributed by atoms with Gasteiger partial charge in [0.15, 0.2) is 0 Å². The van der Waals surface area contributed by atoms with Crippen LogP contribution in [0, 0.1) is 6.92 Å². The first-order chi connectivity index (χ1) is 7.24. The van der Waals surface area contributed by atoms with Crippen molar-refractivity contribution in [3.8, 4) is 0 Å². The number of aromatic nitrogens is 1.